The van der Waals surface area contributed by atoms with E-state index in [4.69, 9.17) is 4.74 Å². The highest BCUT2D eigenvalue weighted by Gasteiger charge is 2.08. The van der Waals surface area contributed by atoms with Crippen molar-refractivity contribution in [2.24, 2.45) is 0 Å². The van der Waals surface area contributed by atoms with E-state index in [0.29, 0.717) is 5.75 Å². The third-order valence-corrected chi connectivity index (χ3v) is 2.71. The summed E-state index contributed by atoms with van der Waals surface area (Å²) in [5, 5.41) is 0. The summed E-state index contributed by atoms with van der Waals surface area (Å²) >= 11 is 0. The van der Waals surface area contributed by atoms with Crippen molar-refractivity contribution in [3.63, 3.8) is 0 Å². The predicted molar refractivity (Wildman–Crippen MR) is 76.5 cm³/mol. The van der Waals surface area contributed by atoms with Crippen molar-refractivity contribution >= 4 is 11.8 Å². The lowest BCUT2D eigenvalue weighted by Gasteiger charge is -2.07. The van der Waals surface area contributed by atoms with E-state index in [9.17, 15) is 9.59 Å². The van der Waals surface area contributed by atoms with E-state index in [2.05, 4.69) is 15.8 Å². The van der Waals surface area contributed by atoms with Crippen LogP contribution in [0.15, 0.2) is 48.7 Å². The molecule has 0 unspecified atom stereocenters. The maximum atomic E-state index is 11.8. The summed E-state index contributed by atoms with van der Waals surface area (Å²) in [5.74, 6) is -0.111. The molecule has 0 radical (unpaired) electrons. The normalized spacial score (nSPS) is 9.76. The van der Waals surface area contributed by atoms with Gasteiger partial charge in [-0.05, 0) is 29.8 Å². The molecule has 108 valence electrons. The topological polar surface area (TPSA) is 80.3 Å². The molecule has 0 saturated heterocycles. The zero-order valence-electron chi connectivity index (χ0n) is 11.5. The summed E-state index contributed by atoms with van der Waals surface area (Å²) in [5.41, 5.74) is 5.69. The molecule has 0 atom stereocenters. The Morgan fingerprint density at radius 1 is 1.14 bits per heavy atom. The zero-order chi connectivity index (χ0) is 15.1. The Kier molecular flexibility index (Phi) is 4.87. The molecule has 2 rings (SSSR count). The van der Waals surface area contributed by atoms with E-state index in [1.807, 2.05) is 6.07 Å². The van der Waals surface area contributed by atoms with Crippen LogP contribution in [0, 0.1) is 0 Å². The van der Waals surface area contributed by atoms with Crippen molar-refractivity contribution in [2.75, 3.05) is 7.11 Å². The van der Waals surface area contributed by atoms with Crippen LogP contribution in [0.5, 0.6) is 5.75 Å². The van der Waals surface area contributed by atoms with Crippen molar-refractivity contribution in [1.82, 2.24) is 15.8 Å². The first-order chi connectivity index (χ1) is 10.2. The molecule has 21 heavy (non-hydrogen) atoms. The number of benzene rings is 1. The molecule has 0 aliphatic carbocycles. The number of hydrazine groups is 1. The van der Waals surface area contributed by atoms with E-state index in [1.54, 1.807) is 43.5 Å². The van der Waals surface area contributed by atoms with Gasteiger partial charge in [-0.25, -0.2) is 0 Å². The second kappa shape index (κ2) is 7.04. The molecule has 6 nitrogen and oxygen atoms in total. The molecule has 6 heteroatoms. The molecule has 0 bridgehead atoms. The maximum absolute atomic E-state index is 11.8. The van der Waals surface area contributed by atoms with Gasteiger partial charge in [0, 0.05) is 6.20 Å². The van der Waals surface area contributed by atoms with Gasteiger partial charge in [0.25, 0.3) is 5.91 Å². The number of nitrogens with zero attached hydrogens (tertiary/aromatic N) is 1. The van der Waals surface area contributed by atoms with Crippen molar-refractivity contribution in [1.29, 1.82) is 0 Å². The van der Waals surface area contributed by atoms with Gasteiger partial charge in [-0.2, -0.15) is 0 Å². The minimum absolute atomic E-state index is 0.139. The Balaban J connectivity index is 1.86. The number of ether oxygens (including phenoxy) is 1. The number of carbonyl (C=O) groups excluding carboxylic acids is 2. The standard InChI is InChI=1S/C15H15N3O3/c1-21-12-6-4-5-11(9-12)10-14(19)17-18-15(20)13-7-2-3-8-16-13/h2-9H,10H2,1H3,(H,17,19)(H,18,20). The van der Waals surface area contributed by atoms with E-state index in [-0.39, 0.29) is 18.0 Å². The first-order valence-corrected chi connectivity index (χ1v) is 6.32. The first kappa shape index (κ1) is 14.5. The second-order valence-corrected chi connectivity index (χ2v) is 4.25. The summed E-state index contributed by atoms with van der Waals surface area (Å²) in [6.45, 7) is 0. The Bertz CT molecular complexity index is 629. The number of nitrogens with one attached hydrogen (secondary N) is 2. The number of pyridine rings is 1. The lowest BCUT2D eigenvalue weighted by atomic mass is 10.1. The summed E-state index contributed by atoms with van der Waals surface area (Å²) in [7, 11) is 1.56. The minimum atomic E-state index is -0.463. The van der Waals surface area contributed by atoms with Crippen molar-refractivity contribution in [3.8, 4) is 5.75 Å². The van der Waals surface area contributed by atoms with Crippen molar-refractivity contribution in [2.45, 2.75) is 6.42 Å². The quantitative estimate of drug-likeness (QED) is 0.824. The summed E-state index contributed by atoms with van der Waals surface area (Å²) in [4.78, 5) is 27.3. The molecule has 0 aliphatic heterocycles. The third-order valence-electron chi connectivity index (χ3n) is 2.71. The molecule has 1 heterocycles. The number of amides is 2. The highest BCUT2D eigenvalue weighted by Crippen LogP contribution is 2.12. The van der Waals surface area contributed by atoms with Crippen LogP contribution in [0.1, 0.15) is 16.1 Å². The van der Waals surface area contributed by atoms with Gasteiger partial charge in [0.1, 0.15) is 11.4 Å². The number of rotatable bonds is 4. The average Bonchev–Trinajstić information content (AvgIpc) is 2.53. The lowest BCUT2D eigenvalue weighted by molar-refractivity contribution is -0.121. The number of hydrogen-bond donors (Lipinski definition) is 2. The van der Waals surface area contributed by atoms with Crippen LogP contribution in [0.3, 0.4) is 0 Å². The van der Waals surface area contributed by atoms with E-state index in [0.717, 1.165) is 5.56 Å². The molecule has 1 aromatic heterocycles. The summed E-state index contributed by atoms with van der Waals surface area (Å²) < 4.78 is 5.08. The zero-order valence-corrected chi connectivity index (χ0v) is 11.5. The smallest absolute Gasteiger partial charge is 0.288 e. The monoisotopic (exact) mass is 285 g/mol. The number of aromatic nitrogens is 1. The summed E-state index contributed by atoms with van der Waals surface area (Å²) in [6, 6.07) is 12.1. The van der Waals surface area contributed by atoms with Crippen molar-refractivity contribution < 1.29 is 14.3 Å². The molecule has 1 aromatic carbocycles. The second-order valence-electron chi connectivity index (χ2n) is 4.25. The van der Waals surface area contributed by atoms with E-state index < -0.39 is 5.91 Å². The van der Waals surface area contributed by atoms with Gasteiger partial charge in [0.2, 0.25) is 5.91 Å². The van der Waals surface area contributed by atoms with Crippen LogP contribution < -0.4 is 15.6 Å². The van der Waals surface area contributed by atoms with Gasteiger partial charge in [-0.1, -0.05) is 18.2 Å². The van der Waals surface area contributed by atoms with Gasteiger partial charge in [0.15, 0.2) is 0 Å². The largest absolute Gasteiger partial charge is 0.497 e. The predicted octanol–water partition coefficient (Wildman–Crippen LogP) is 1.09. The maximum Gasteiger partial charge on any atom is 0.288 e. The fourth-order valence-corrected chi connectivity index (χ4v) is 1.70. The Hall–Kier alpha value is -2.89. The van der Waals surface area contributed by atoms with Crippen LogP contribution in [0.2, 0.25) is 0 Å². The highest BCUT2D eigenvalue weighted by molar-refractivity contribution is 5.93. The Morgan fingerprint density at radius 3 is 2.71 bits per heavy atom. The highest BCUT2D eigenvalue weighted by atomic mass is 16.5. The van der Waals surface area contributed by atoms with Crippen molar-refractivity contribution in [3.05, 3.63) is 59.9 Å². The number of carbonyl (C=O) groups is 2. The van der Waals surface area contributed by atoms with Gasteiger partial charge < -0.3 is 4.74 Å². The fraction of sp³-hybridized carbons (Fsp3) is 0.133. The van der Waals surface area contributed by atoms with Crippen LogP contribution in [0.25, 0.3) is 0 Å². The molecule has 0 spiro atoms. The molecule has 2 N–H and O–H groups in total. The minimum Gasteiger partial charge on any atom is -0.497 e. The van der Waals surface area contributed by atoms with Crippen LogP contribution in [0.4, 0.5) is 0 Å². The van der Waals surface area contributed by atoms with Gasteiger partial charge in [-0.15, -0.1) is 0 Å². The molecule has 0 aliphatic rings. The molecular formula is C15H15N3O3. The third kappa shape index (κ3) is 4.31. The first-order valence-electron chi connectivity index (χ1n) is 6.32. The lowest BCUT2D eigenvalue weighted by Crippen LogP contribution is -2.42. The molecule has 2 aromatic rings. The fourth-order valence-electron chi connectivity index (χ4n) is 1.70. The van der Waals surface area contributed by atoms with Gasteiger partial charge in [0.05, 0.1) is 13.5 Å². The van der Waals surface area contributed by atoms with E-state index in [1.165, 1.54) is 6.20 Å². The SMILES string of the molecule is COc1cccc(CC(=O)NNC(=O)c2ccccn2)c1. The Morgan fingerprint density at radius 2 is 2.00 bits per heavy atom. The molecular weight excluding hydrogens is 270 g/mol. The average molecular weight is 285 g/mol. The van der Waals surface area contributed by atoms with Gasteiger partial charge in [-0.3, -0.25) is 25.4 Å². The number of hydrogen-bond acceptors (Lipinski definition) is 4. The van der Waals surface area contributed by atoms with Crippen LogP contribution in [-0.2, 0) is 11.2 Å². The number of methoxy groups -OCH3 is 1. The molecule has 2 amide bonds. The molecule has 0 fully saturated rings. The van der Waals surface area contributed by atoms with Gasteiger partial charge >= 0.3 is 0 Å². The van der Waals surface area contributed by atoms with Crippen LogP contribution >= 0.6 is 0 Å². The Labute approximate surface area is 122 Å². The van der Waals surface area contributed by atoms with E-state index >= 15 is 0 Å². The summed E-state index contributed by atoms with van der Waals surface area (Å²) in [6.07, 6.45) is 1.65. The van der Waals surface area contributed by atoms with Crippen LogP contribution in [-0.4, -0.2) is 23.9 Å². The molecule has 0 saturated carbocycles.